The van der Waals surface area contributed by atoms with Gasteiger partial charge in [-0.15, -0.1) is 22.7 Å². The monoisotopic (exact) mass is 520 g/mol. The molecule has 4 aromatic heterocycles. The van der Waals surface area contributed by atoms with Crippen molar-refractivity contribution in [3.8, 4) is 0 Å². The standard InChI is InChI=1S/C26H22N4O4S2/c1-17-7-9-23(35-17)21(31)15-29-11-3-5-19(13-29)25(33)27-28-26(34)20-6-4-12-30(14-20)16-22(32)24-10-8-18(2)36-24/h3-14H,15-16H2,1-2H3/p+2. The van der Waals surface area contributed by atoms with Crippen molar-refractivity contribution in [3.05, 3.63) is 104 Å². The molecular weight excluding hydrogens is 496 g/mol. The lowest BCUT2D eigenvalue weighted by atomic mass is 10.2. The first-order valence-corrected chi connectivity index (χ1v) is 12.7. The third kappa shape index (κ3) is 6.35. The van der Waals surface area contributed by atoms with Crippen LogP contribution in [0.2, 0.25) is 0 Å². The minimum Gasteiger partial charge on any atom is -0.286 e. The molecule has 0 saturated carbocycles. The number of hydrazine groups is 1. The number of nitrogens with zero attached hydrogens (tertiary/aromatic N) is 2. The van der Waals surface area contributed by atoms with Gasteiger partial charge >= 0.3 is 0 Å². The molecule has 36 heavy (non-hydrogen) atoms. The second-order valence-electron chi connectivity index (χ2n) is 8.11. The number of amides is 2. The minimum absolute atomic E-state index is 0.0472. The maximum Gasteiger partial charge on any atom is 0.275 e. The van der Waals surface area contributed by atoms with Crippen molar-refractivity contribution in [2.45, 2.75) is 26.9 Å². The Morgan fingerprint density at radius 3 is 1.44 bits per heavy atom. The zero-order chi connectivity index (χ0) is 25.7. The number of thiophene rings is 2. The molecule has 0 bridgehead atoms. The van der Waals surface area contributed by atoms with E-state index in [-0.39, 0.29) is 35.8 Å². The topological polar surface area (TPSA) is 100 Å². The first kappa shape index (κ1) is 25.1. The summed E-state index contributed by atoms with van der Waals surface area (Å²) < 4.78 is 3.25. The number of carbonyl (C=O) groups excluding carboxylic acids is 4. The zero-order valence-corrected chi connectivity index (χ0v) is 21.3. The van der Waals surface area contributed by atoms with Gasteiger partial charge in [0.05, 0.1) is 9.75 Å². The van der Waals surface area contributed by atoms with E-state index in [2.05, 4.69) is 10.9 Å². The lowest BCUT2D eigenvalue weighted by Gasteiger charge is -2.06. The van der Waals surface area contributed by atoms with E-state index in [4.69, 9.17) is 0 Å². The van der Waals surface area contributed by atoms with Crippen molar-refractivity contribution < 1.29 is 28.3 Å². The van der Waals surface area contributed by atoms with Crippen molar-refractivity contribution in [3.63, 3.8) is 0 Å². The molecule has 2 N–H and O–H groups in total. The van der Waals surface area contributed by atoms with Crippen LogP contribution in [0.15, 0.2) is 73.3 Å². The van der Waals surface area contributed by atoms with Crippen LogP contribution in [0.25, 0.3) is 0 Å². The van der Waals surface area contributed by atoms with E-state index in [1.165, 1.54) is 22.7 Å². The lowest BCUT2D eigenvalue weighted by molar-refractivity contribution is -0.683. The Bertz CT molecular complexity index is 1350. The van der Waals surface area contributed by atoms with Gasteiger partial charge in [-0.2, -0.15) is 9.13 Å². The summed E-state index contributed by atoms with van der Waals surface area (Å²) >= 11 is 2.86. The van der Waals surface area contributed by atoms with Crippen LogP contribution in [0.1, 0.15) is 49.8 Å². The number of Topliss-reactive ketones (excluding diaryl/α,β-unsaturated/α-hetero) is 2. The van der Waals surface area contributed by atoms with E-state index in [1.54, 1.807) is 70.3 Å². The van der Waals surface area contributed by atoms with Gasteiger partial charge in [0.25, 0.3) is 11.8 Å². The molecule has 4 aromatic rings. The van der Waals surface area contributed by atoms with E-state index < -0.39 is 11.8 Å². The molecule has 0 saturated heterocycles. The van der Waals surface area contributed by atoms with E-state index in [0.717, 1.165) is 9.75 Å². The minimum atomic E-state index is -0.524. The van der Waals surface area contributed by atoms with Gasteiger partial charge < -0.3 is 0 Å². The summed E-state index contributed by atoms with van der Waals surface area (Å²) in [5.41, 5.74) is 5.36. The SMILES string of the molecule is Cc1ccc(C(=O)C[n+]2cccc(C(=O)NNC(=O)c3ccc[n+](CC(=O)c4ccc(C)s4)c3)c2)s1. The molecule has 10 heteroatoms. The van der Waals surface area contributed by atoms with E-state index >= 15 is 0 Å². The lowest BCUT2D eigenvalue weighted by Crippen LogP contribution is -2.44. The number of pyridine rings is 2. The van der Waals surface area contributed by atoms with Crippen LogP contribution in [0.5, 0.6) is 0 Å². The van der Waals surface area contributed by atoms with Crippen LogP contribution in [-0.2, 0) is 13.1 Å². The highest BCUT2D eigenvalue weighted by atomic mass is 32.1. The fraction of sp³-hybridized carbons (Fsp3) is 0.154. The van der Waals surface area contributed by atoms with Crippen LogP contribution in [0.3, 0.4) is 0 Å². The van der Waals surface area contributed by atoms with Gasteiger partial charge in [0, 0.05) is 21.9 Å². The molecule has 0 atom stereocenters. The second-order valence-corrected chi connectivity index (χ2v) is 10.7. The third-order valence-electron chi connectivity index (χ3n) is 5.21. The molecule has 0 spiro atoms. The highest BCUT2D eigenvalue weighted by molar-refractivity contribution is 7.14. The zero-order valence-electron chi connectivity index (χ0n) is 19.7. The fourth-order valence-electron chi connectivity index (χ4n) is 3.42. The first-order chi connectivity index (χ1) is 17.3. The van der Waals surface area contributed by atoms with Gasteiger partial charge in [-0.25, -0.2) is 0 Å². The Morgan fingerprint density at radius 2 is 1.08 bits per heavy atom. The van der Waals surface area contributed by atoms with Crippen LogP contribution in [0, 0.1) is 13.8 Å². The summed E-state index contributed by atoms with van der Waals surface area (Å²) in [6.07, 6.45) is 6.51. The maximum atomic E-state index is 12.6. The van der Waals surface area contributed by atoms with Gasteiger partial charge in [-0.3, -0.25) is 30.0 Å². The van der Waals surface area contributed by atoms with Crippen molar-refractivity contribution in [1.82, 2.24) is 10.9 Å². The molecule has 0 fully saturated rings. The molecule has 4 rings (SSSR count). The maximum absolute atomic E-state index is 12.6. The van der Waals surface area contributed by atoms with Crippen molar-refractivity contribution in [2.75, 3.05) is 0 Å². The molecule has 2 amide bonds. The van der Waals surface area contributed by atoms with Crippen molar-refractivity contribution >= 4 is 46.1 Å². The van der Waals surface area contributed by atoms with E-state index in [1.807, 2.05) is 26.0 Å². The Hall–Kier alpha value is -4.02. The Labute approximate surface area is 215 Å². The number of nitrogens with one attached hydrogen (secondary N) is 2. The molecule has 0 aromatic carbocycles. The molecule has 8 nitrogen and oxygen atoms in total. The highest BCUT2D eigenvalue weighted by Crippen LogP contribution is 2.16. The second kappa shape index (κ2) is 11.1. The first-order valence-electron chi connectivity index (χ1n) is 11.1. The van der Waals surface area contributed by atoms with Crippen molar-refractivity contribution in [1.29, 1.82) is 0 Å². The van der Waals surface area contributed by atoms with E-state index in [0.29, 0.717) is 9.75 Å². The number of aryl methyl sites for hydroxylation is 2. The third-order valence-corrected chi connectivity index (χ3v) is 7.30. The Balaban J connectivity index is 1.34. The summed E-state index contributed by atoms with van der Waals surface area (Å²) in [6.45, 7) is 4.07. The van der Waals surface area contributed by atoms with E-state index in [9.17, 15) is 19.2 Å². The van der Waals surface area contributed by atoms with Crippen molar-refractivity contribution in [2.24, 2.45) is 0 Å². The normalized spacial score (nSPS) is 10.6. The number of ketones is 2. The molecule has 0 aliphatic heterocycles. The quantitative estimate of drug-likeness (QED) is 0.212. The number of aromatic nitrogens is 2. The number of hydrogen-bond donors (Lipinski definition) is 2. The largest absolute Gasteiger partial charge is 0.286 e. The number of rotatable bonds is 8. The summed E-state index contributed by atoms with van der Waals surface area (Å²) in [4.78, 5) is 53.6. The van der Waals surface area contributed by atoms with Gasteiger partial charge in [0.1, 0.15) is 11.1 Å². The predicted octanol–water partition coefficient (Wildman–Crippen LogP) is 2.84. The van der Waals surface area contributed by atoms with Gasteiger partial charge in [0.15, 0.2) is 24.8 Å². The summed E-state index contributed by atoms with van der Waals surface area (Å²) in [7, 11) is 0. The molecule has 0 aliphatic rings. The summed E-state index contributed by atoms with van der Waals surface area (Å²) in [5.74, 6) is -1.14. The molecule has 4 heterocycles. The highest BCUT2D eigenvalue weighted by Gasteiger charge is 2.19. The van der Waals surface area contributed by atoms with Gasteiger partial charge in [-0.1, -0.05) is 0 Å². The smallest absolute Gasteiger partial charge is 0.275 e. The number of hydrogen-bond acceptors (Lipinski definition) is 6. The molecule has 182 valence electrons. The molecule has 0 unspecified atom stereocenters. The number of carbonyl (C=O) groups is 4. The average Bonchev–Trinajstić information content (AvgIpc) is 3.51. The summed E-state index contributed by atoms with van der Waals surface area (Å²) in [5, 5.41) is 0. The molecule has 0 radical (unpaired) electrons. The summed E-state index contributed by atoms with van der Waals surface area (Å²) in [6, 6.07) is 13.9. The molecular formula is C26H24N4O4S2+2. The average molecular weight is 521 g/mol. The Kier molecular flexibility index (Phi) is 7.77. The van der Waals surface area contributed by atoms with Crippen LogP contribution in [-0.4, -0.2) is 23.4 Å². The fourth-order valence-corrected chi connectivity index (χ4v) is 5.02. The van der Waals surface area contributed by atoms with Crippen LogP contribution < -0.4 is 20.0 Å². The molecule has 0 aliphatic carbocycles. The van der Waals surface area contributed by atoms with Crippen LogP contribution in [0.4, 0.5) is 0 Å². The van der Waals surface area contributed by atoms with Gasteiger partial charge in [-0.05, 0) is 50.2 Å². The predicted molar refractivity (Wildman–Crippen MR) is 135 cm³/mol. The van der Waals surface area contributed by atoms with Gasteiger partial charge in [0.2, 0.25) is 24.7 Å². The Morgan fingerprint density at radius 1 is 0.667 bits per heavy atom. The van der Waals surface area contributed by atoms with Crippen LogP contribution >= 0.6 is 22.7 Å².